The lowest BCUT2D eigenvalue weighted by atomic mass is 9.82. The standard InChI is InChI=1S/C22H21ClO4S2/c1-13-4-2-5-14(12-13)28-18-7-3-6-17(24)20(18)22(25)16-8-9-19-15(21(16)23)10-11-29(19,26)27/h2,4-5,8-9,12,18,20H,3,6-7,10-11H2,1H3. The van der Waals surface area contributed by atoms with Gasteiger partial charge in [0.15, 0.2) is 15.6 Å². The quantitative estimate of drug-likeness (QED) is 0.501. The highest BCUT2D eigenvalue weighted by atomic mass is 35.5. The van der Waals surface area contributed by atoms with Gasteiger partial charge in [-0.1, -0.05) is 29.3 Å². The molecule has 0 N–H and O–H groups in total. The molecule has 2 aromatic rings. The first-order valence-corrected chi connectivity index (χ1v) is 12.5. The number of hydrogen-bond acceptors (Lipinski definition) is 5. The molecular weight excluding hydrogens is 428 g/mol. The van der Waals surface area contributed by atoms with E-state index < -0.39 is 15.8 Å². The predicted molar refractivity (Wildman–Crippen MR) is 115 cm³/mol. The minimum atomic E-state index is -3.33. The van der Waals surface area contributed by atoms with Gasteiger partial charge in [0.1, 0.15) is 5.78 Å². The van der Waals surface area contributed by atoms with Crippen LogP contribution < -0.4 is 0 Å². The molecule has 1 heterocycles. The van der Waals surface area contributed by atoms with Gasteiger partial charge in [-0.25, -0.2) is 8.42 Å². The zero-order valence-corrected chi connectivity index (χ0v) is 18.4. The minimum Gasteiger partial charge on any atom is -0.299 e. The van der Waals surface area contributed by atoms with Gasteiger partial charge in [0.2, 0.25) is 0 Å². The third-order valence-corrected chi connectivity index (χ3v) is 9.17. The van der Waals surface area contributed by atoms with Crippen molar-refractivity contribution in [2.45, 2.75) is 47.6 Å². The number of carbonyl (C=O) groups is 2. The molecule has 29 heavy (non-hydrogen) atoms. The second kappa shape index (κ2) is 7.89. The highest BCUT2D eigenvalue weighted by Gasteiger charge is 2.40. The van der Waals surface area contributed by atoms with Crippen LogP contribution in [-0.4, -0.2) is 31.0 Å². The lowest BCUT2D eigenvalue weighted by Crippen LogP contribution is -2.37. The van der Waals surface area contributed by atoms with Crippen LogP contribution in [0, 0.1) is 12.8 Å². The van der Waals surface area contributed by atoms with Crippen molar-refractivity contribution in [1.82, 2.24) is 0 Å². The van der Waals surface area contributed by atoms with Crippen LogP contribution in [0.1, 0.15) is 40.7 Å². The number of ketones is 2. The maximum absolute atomic E-state index is 13.4. The monoisotopic (exact) mass is 448 g/mol. The third-order valence-electron chi connectivity index (χ3n) is 5.61. The normalized spacial score (nSPS) is 23.0. The van der Waals surface area contributed by atoms with E-state index in [4.69, 9.17) is 11.6 Å². The van der Waals surface area contributed by atoms with Crippen molar-refractivity contribution >= 4 is 44.8 Å². The number of halogens is 1. The Bertz CT molecular complexity index is 1110. The molecule has 2 aliphatic rings. The minimum absolute atomic E-state index is 0.00783. The molecule has 0 bridgehead atoms. The van der Waals surface area contributed by atoms with E-state index in [0.717, 1.165) is 23.3 Å². The number of fused-ring (bicyclic) bond motifs is 1. The molecule has 2 unspecified atom stereocenters. The Morgan fingerprint density at radius 1 is 1.17 bits per heavy atom. The van der Waals surface area contributed by atoms with E-state index in [9.17, 15) is 18.0 Å². The van der Waals surface area contributed by atoms with Gasteiger partial charge in [-0.15, -0.1) is 11.8 Å². The van der Waals surface area contributed by atoms with Gasteiger partial charge in [-0.3, -0.25) is 9.59 Å². The van der Waals surface area contributed by atoms with Crippen LogP contribution in [0.5, 0.6) is 0 Å². The summed E-state index contributed by atoms with van der Waals surface area (Å²) in [5.41, 5.74) is 1.89. The molecule has 7 heteroatoms. The van der Waals surface area contributed by atoms with Crippen molar-refractivity contribution in [1.29, 1.82) is 0 Å². The number of thioether (sulfide) groups is 1. The molecule has 1 fully saturated rings. The fourth-order valence-electron chi connectivity index (χ4n) is 4.14. The molecule has 4 rings (SSSR count). The van der Waals surface area contributed by atoms with Crippen LogP contribution in [0.4, 0.5) is 0 Å². The second-order valence-corrected chi connectivity index (χ2v) is 11.4. The summed E-state index contributed by atoms with van der Waals surface area (Å²) in [4.78, 5) is 27.4. The van der Waals surface area contributed by atoms with E-state index in [0.29, 0.717) is 18.4 Å². The summed E-state index contributed by atoms with van der Waals surface area (Å²) in [5.74, 6) is -1.11. The third kappa shape index (κ3) is 3.90. The van der Waals surface area contributed by atoms with E-state index in [2.05, 4.69) is 6.07 Å². The smallest absolute Gasteiger partial charge is 0.179 e. The number of carbonyl (C=O) groups excluding carboxylic acids is 2. The van der Waals surface area contributed by atoms with Crippen LogP contribution in [0.25, 0.3) is 0 Å². The molecule has 0 radical (unpaired) electrons. The first-order valence-electron chi connectivity index (χ1n) is 9.62. The van der Waals surface area contributed by atoms with Gasteiger partial charge < -0.3 is 0 Å². The largest absolute Gasteiger partial charge is 0.299 e. The van der Waals surface area contributed by atoms with Gasteiger partial charge in [-0.05, 0) is 56.0 Å². The number of sulfone groups is 1. The van der Waals surface area contributed by atoms with Crippen LogP contribution in [0.15, 0.2) is 46.2 Å². The second-order valence-electron chi connectivity index (χ2n) is 7.65. The fraction of sp³-hybridized carbons (Fsp3) is 0.364. The first kappa shape index (κ1) is 20.6. The van der Waals surface area contributed by atoms with Crippen LogP contribution >= 0.6 is 23.4 Å². The Labute approximate surface area is 180 Å². The summed E-state index contributed by atoms with van der Waals surface area (Å²) in [5, 5.41) is 0.0323. The molecule has 1 saturated carbocycles. The summed E-state index contributed by atoms with van der Waals surface area (Å²) < 4.78 is 24.2. The molecule has 1 aliphatic heterocycles. The lowest BCUT2D eigenvalue weighted by molar-refractivity contribution is -0.122. The molecule has 4 nitrogen and oxygen atoms in total. The van der Waals surface area contributed by atoms with Crippen LogP contribution in [-0.2, 0) is 21.1 Å². The average Bonchev–Trinajstić information content (AvgIpc) is 2.97. The van der Waals surface area contributed by atoms with Crippen molar-refractivity contribution in [3.05, 3.63) is 58.1 Å². The van der Waals surface area contributed by atoms with Gasteiger partial charge in [-0.2, -0.15) is 0 Å². The molecule has 0 aromatic heterocycles. The Morgan fingerprint density at radius 3 is 2.72 bits per heavy atom. The van der Waals surface area contributed by atoms with Crippen molar-refractivity contribution in [2.24, 2.45) is 5.92 Å². The zero-order valence-electron chi connectivity index (χ0n) is 16.0. The van der Waals surface area contributed by atoms with Gasteiger partial charge >= 0.3 is 0 Å². The number of rotatable bonds is 4. The van der Waals surface area contributed by atoms with E-state index >= 15 is 0 Å². The van der Waals surface area contributed by atoms with E-state index in [1.54, 1.807) is 11.8 Å². The topological polar surface area (TPSA) is 68.3 Å². The van der Waals surface area contributed by atoms with Crippen LogP contribution in [0.2, 0.25) is 5.02 Å². The number of hydrogen-bond donors (Lipinski definition) is 0. The summed E-state index contributed by atoms with van der Waals surface area (Å²) in [6.07, 6.45) is 2.23. The molecule has 0 amide bonds. The van der Waals surface area contributed by atoms with E-state index in [1.807, 2.05) is 25.1 Å². The van der Waals surface area contributed by atoms with Crippen molar-refractivity contribution in [3.8, 4) is 0 Å². The molecule has 152 valence electrons. The Kier molecular flexibility index (Phi) is 5.62. The highest BCUT2D eigenvalue weighted by molar-refractivity contribution is 8.00. The summed E-state index contributed by atoms with van der Waals surface area (Å²) in [6.45, 7) is 2.01. The van der Waals surface area contributed by atoms with Gasteiger partial charge in [0.05, 0.1) is 21.6 Å². The number of benzene rings is 2. The molecule has 2 aromatic carbocycles. The van der Waals surface area contributed by atoms with Crippen molar-refractivity contribution in [2.75, 3.05) is 5.75 Å². The maximum atomic E-state index is 13.4. The zero-order chi connectivity index (χ0) is 20.8. The molecule has 1 aliphatic carbocycles. The average molecular weight is 449 g/mol. The summed E-state index contributed by atoms with van der Waals surface area (Å²) in [7, 11) is -3.33. The van der Waals surface area contributed by atoms with E-state index in [1.165, 1.54) is 12.1 Å². The molecule has 0 saturated heterocycles. The maximum Gasteiger partial charge on any atom is 0.179 e. The van der Waals surface area contributed by atoms with Crippen molar-refractivity contribution < 1.29 is 18.0 Å². The molecular formula is C22H21ClO4S2. The SMILES string of the molecule is Cc1cccc(SC2CCCC(=O)C2C(=O)c2ccc3c(c2Cl)CCS3(=O)=O)c1. The Morgan fingerprint density at radius 2 is 1.97 bits per heavy atom. The number of aryl methyl sites for hydroxylation is 1. The number of Topliss-reactive ketones (excluding diaryl/α,β-unsaturated/α-hetero) is 2. The Balaban J connectivity index is 1.68. The Hall–Kier alpha value is -1.63. The van der Waals surface area contributed by atoms with Crippen LogP contribution in [0.3, 0.4) is 0 Å². The van der Waals surface area contributed by atoms with E-state index in [-0.39, 0.29) is 38.1 Å². The summed E-state index contributed by atoms with van der Waals surface area (Å²) >= 11 is 8.03. The first-order chi connectivity index (χ1) is 13.8. The predicted octanol–water partition coefficient (Wildman–Crippen LogP) is 4.69. The highest BCUT2D eigenvalue weighted by Crippen LogP contribution is 2.40. The van der Waals surface area contributed by atoms with Gasteiger partial charge in [0.25, 0.3) is 0 Å². The van der Waals surface area contributed by atoms with Gasteiger partial charge in [0, 0.05) is 22.1 Å². The molecule has 2 atom stereocenters. The summed E-state index contributed by atoms with van der Waals surface area (Å²) in [6, 6.07) is 11.0. The molecule has 0 spiro atoms. The lowest BCUT2D eigenvalue weighted by Gasteiger charge is -2.29. The fourth-order valence-corrected chi connectivity index (χ4v) is 7.56. The van der Waals surface area contributed by atoms with Crippen molar-refractivity contribution in [3.63, 3.8) is 0 Å².